The summed E-state index contributed by atoms with van der Waals surface area (Å²) in [6.45, 7) is 15.6. The summed E-state index contributed by atoms with van der Waals surface area (Å²) in [6, 6.07) is 0. The second kappa shape index (κ2) is 10.8. The van der Waals surface area contributed by atoms with Crippen LogP contribution in [-0.2, 0) is 16.0 Å². The number of ketones is 1. The molecule has 4 bridgehead atoms. The molecule has 7 atom stereocenters. The predicted octanol–water partition coefficient (Wildman–Crippen LogP) is 7.11. The maximum Gasteiger partial charge on any atom is 0.330 e. The van der Waals surface area contributed by atoms with Crippen LogP contribution in [0.1, 0.15) is 109 Å². The van der Waals surface area contributed by atoms with Gasteiger partial charge >= 0.3 is 5.97 Å². The molecule has 3 heterocycles. The molecule has 8 nitrogen and oxygen atoms in total. The van der Waals surface area contributed by atoms with E-state index in [0.717, 1.165) is 18.4 Å². The number of carbonyl (C=O) groups is 2. The number of allylic oxidation sites excluding steroid dienone is 4. The molecule has 1 spiro atoms. The topological polar surface area (TPSA) is 123 Å². The number of aliphatic hydroxyl groups excluding tert-OH is 1. The molecule has 3 aliphatic heterocycles. The van der Waals surface area contributed by atoms with Crippen LogP contribution in [0.2, 0.25) is 0 Å². The Morgan fingerprint density at radius 2 is 1.70 bits per heavy atom. The fraction of sp³-hybridized carbons (Fsp3) is 0.579. The Bertz CT molecular complexity index is 1620. The molecule has 46 heavy (non-hydrogen) atoms. The zero-order chi connectivity index (χ0) is 33.6. The molecule has 0 aromatic heterocycles. The van der Waals surface area contributed by atoms with E-state index >= 15 is 0 Å². The van der Waals surface area contributed by atoms with Crippen LogP contribution in [0.15, 0.2) is 41.0 Å². The first kappa shape index (κ1) is 32.6. The van der Waals surface area contributed by atoms with Gasteiger partial charge in [0, 0.05) is 23.5 Å². The van der Waals surface area contributed by atoms with Crippen molar-refractivity contribution in [2.45, 2.75) is 122 Å². The van der Waals surface area contributed by atoms with Crippen LogP contribution in [0, 0.1) is 17.8 Å². The predicted molar refractivity (Wildman–Crippen MR) is 175 cm³/mol. The van der Waals surface area contributed by atoms with Crippen molar-refractivity contribution in [1.82, 2.24) is 0 Å². The van der Waals surface area contributed by atoms with Gasteiger partial charge in [0.05, 0.1) is 23.2 Å². The Labute approximate surface area is 271 Å². The van der Waals surface area contributed by atoms with E-state index < -0.39 is 40.4 Å². The number of carbonyl (C=O) groups excluding carboxylic acids is 1. The molecule has 248 valence electrons. The summed E-state index contributed by atoms with van der Waals surface area (Å²) in [6.07, 6.45) is 11.7. The summed E-state index contributed by atoms with van der Waals surface area (Å²) in [5.74, 6) is -1.84. The first-order valence-corrected chi connectivity index (χ1v) is 16.6. The number of phenolic OH excluding ortho intramolecular Hbond substituents is 1. The Balaban J connectivity index is 1.57. The number of phenols is 1. The lowest BCUT2D eigenvalue weighted by molar-refractivity contribution is -0.253. The number of fused-ring (bicyclic) bond motifs is 2. The molecule has 1 aromatic rings. The van der Waals surface area contributed by atoms with Crippen LogP contribution in [-0.4, -0.2) is 55.6 Å². The molecule has 6 aliphatic rings. The Kier molecular flexibility index (Phi) is 7.68. The van der Waals surface area contributed by atoms with Gasteiger partial charge in [-0.2, -0.15) is 0 Å². The number of rotatable bonds is 8. The van der Waals surface area contributed by atoms with Crippen molar-refractivity contribution in [2.75, 3.05) is 0 Å². The Morgan fingerprint density at radius 1 is 1.00 bits per heavy atom. The number of ether oxygens (including phenoxy) is 3. The lowest BCUT2D eigenvalue weighted by Gasteiger charge is -2.63. The van der Waals surface area contributed by atoms with Gasteiger partial charge in [-0.15, -0.1) is 0 Å². The largest absolute Gasteiger partial charge is 0.506 e. The summed E-state index contributed by atoms with van der Waals surface area (Å²) >= 11 is 0. The number of aromatic hydroxyl groups is 1. The van der Waals surface area contributed by atoms with Gasteiger partial charge in [-0.25, -0.2) is 4.79 Å². The highest BCUT2D eigenvalue weighted by Gasteiger charge is 2.83. The van der Waals surface area contributed by atoms with Crippen molar-refractivity contribution in [3.8, 4) is 17.2 Å². The lowest BCUT2D eigenvalue weighted by atomic mass is 9.46. The Hall–Kier alpha value is -3.36. The maximum absolute atomic E-state index is 14.8. The van der Waals surface area contributed by atoms with Gasteiger partial charge in [-0.05, 0) is 106 Å². The number of aliphatic carboxylic acids is 1. The van der Waals surface area contributed by atoms with Crippen molar-refractivity contribution in [3.63, 3.8) is 0 Å². The number of Topliss-reactive ketones (excluding diaryl/α,β-unsaturated/α-hetero) is 1. The van der Waals surface area contributed by atoms with Crippen LogP contribution in [0.4, 0.5) is 0 Å². The number of carboxylic acids is 1. The highest BCUT2D eigenvalue weighted by Crippen LogP contribution is 2.71. The molecule has 3 aliphatic carbocycles. The lowest BCUT2D eigenvalue weighted by Crippen LogP contribution is -2.77. The number of aliphatic hydroxyl groups is 1. The fourth-order valence-electron chi connectivity index (χ4n) is 9.00. The molecule has 1 aromatic carbocycles. The summed E-state index contributed by atoms with van der Waals surface area (Å²) in [5, 5.41) is 33.5. The summed E-state index contributed by atoms with van der Waals surface area (Å²) in [7, 11) is 0. The summed E-state index contributed by atoms with van der Waals surface area (Å²) < 4.78 is 20.9. The smallest absolute Gasteiger partial charge is 0.330 e. The maximum atomic E-state index is 14.8. The van der Waals surface area contributed by atoms with Crippen LogP contribution in [0.3, 0.4) is 0 Å². The van der Waals surface area contributed by atoms with E-state index in [2.05, 4.69) is 26.0 Å². The fourth-order valence-corrected chi connectivity index (χ4v) is 9.00. The second-order valence-electron chi connectivity index (χ2n) is 15.4. The van der Waals surface area contributed by atoms with Crippen LogP contribution in [0.25, 0.3) is 6.08 Å². The van der Waals surface area contributed by atoms with Crippen molar-refractivity contribution in [3.05, 3.63) is 57.7 Å². The van der Waals surface area contributed by atoms with E-state index in [1.165, 1.54) is 12.5 Å². The van der Waals surface area contributed by atoms with E-state index in [9.17, 15) is 24.9 Å². The van der Waals surface area contributed by atoms with Gasteiger partial charge in [0.2, 0.25) is 0 Å². The van der Waals surface area contributed by atoms with Crippen molar-refractivity contribution in [1.29, 1.82) is 0 Å². The number of benzene rings is 1. The molecule has 3 saturated carbocycles. The SMILES string of the molecule is CC(C)=CCC[C@]1(C)C=Cc2c(O)c3c(c(CC=C(C)C)c2O1)O[C@]12C(C[C@@H]4CC1C(C)(C)O[C@@]2(C/C=C(/C)C(=O)O)C4O)C3=O. The Morgan fingerprint density at radius 3 is 2.35 bits per heavy atom. The van der Waals surface area contributed by atoms with E-state index in [-0.39, 0.29) is 46.7 Å². The summed E-state index contributed by atoms with van der Waals surface area (Å²) in [5.41, 5.74) is -0.321. The minimum Gasteiger partial charge on any atom is -0.506 e. The minimum absolute atomic E-state index is 0.0732. The standard InChI is InChI=1S/C38H48O8/c1-20(2)10-9-15-36(8)16-14-24-29(39)28-30(40)26-18-23-19-27-35(6,7)46-37(33(23)41,17-13-22(5)34(42)43)38(26,27)45-32(28)25(31(24)44-36)12-11-21(3)4/h10-11,13-14,16,23,26-27,33,39,41H,9,12,15,17-19H2,1-8H3,(H,42,43)/b22-13-/t23-,26?,27?,33?,36-,37+,38-/m1/s1. The monoisotopic (exact) mass is 632 g/mol. The second-order valence-corrected chi connectivity index (χ2v) is 15.4. The third kappa shape index (κ3) is 4.61. The molecular weight excluding hydrogens is 584 g/mol. The van der Waals surface area contributed by atoms with E-state index in [1.54, 1.807) is 6.08 Å². The number of carboxylic acid groups (broad SMARTS) is 1. The molecule has 3 N–H and O–H groups in total. The molecule has 4 fully saturated rings. The van der Waals surface area contributed by atoms with Gasteiger partial charge < -0.3 is 29.5 Å². The van der Waals surface area contributed by atoms with Crippen LogP contribution < -0.4 is 9.47 Å². The summed E-state index contributed by atoms with van der Waals surface area (Å²) in [4.78, 5) is 26.6. The zero-order valence-corrected chi connectivity index (χ0v) is 28.3. The normalized spacial score (nSPS) is 34.5. The molecule has 0 radical (unpaired) electrons. The van der Waals surface area contributed by atoms with Crippen LogP contribution >= 0.6 is 0 Å². The molecular formula is C38H48O8. The first-order chi connectivity index (χ1) is 21.5. The van der Waals surface area contributed by atoms with E-state index in [1.807, 2.05) is 46.8 Å². The van der Waals surface area contributed by atoms with E-state index in [0.29, 0.717) is 36.1 Å². The van der Waals surface area contributed by atoms with Gasteiger partial charge in [0.25, 0.3) is 0 Å². The van der Waals surface area contributed by atoms with Gasteiger partial charge in [0.15, 0.2) is 11.4 Å². The van der Waals surface area contributed by atoms with Crippen molar-refractivity contribution >= 4 is 17.8 Å². The van der Waals surface area contributed by atoms with Gasteiger partial charge in [-0.3, -0.25) is 4.79 Å². The third-order valence-electron chi connectivity index (χ3n) is 11.2. The molecule has 7 rings (SSSR count). The van der Waals surface area contributed by atoms with Gasteiger partial charge in [-0.1, -0.05) is 29.4 Å². The molecule has 0 amide bonds. The zero-order valence-electron chi connectivity index (χ0n) is 28.3. The third-order valence-corrected chi connectivity index (χ3v) is 11.2. The van der Waals surface area contributed by atoms with Crippen LogP contribution in [0.5, 0.6) is 17.2 Å². The average Bonchev–Trinajstić information content (AvgIpc) is 3.12. The minimum atomic E-state index is -1.37. The van der Waals surface area contributed by atoms with Crippen molar-refractivity contribution < 1.29 is 39.1 Å². The first-order valence-electron chi connectivity index (χ1n) is 16.6. The average molecular weight is 633 g/mol. The highest BCUT2D eigenvalue weighted by atomic mass is 16.6. The molecule has 3 unspecified atom stereocenters. The number of hydrogen-bond donors (Lipinski definition) is 3. The number of hydrogen-bond acceptors (Lipinski definition) is 7. The quantitative estimate of drug-likeness (QED) is 0.205. The van der Waals surface area contributed by atoms with Gasteiger partial charge in [0.1, 0.15) is 34.0 Å². The van der Waals surface area contributed by atoms with Crippen molar-refractivity contribution in [2.24, 2.45) is 17.8 Å². The highest BCUT2D eigenvalue weighted by molar-refractivity contribution is 6.07. The molecule has 1 saturated heterocycles. The molecule has 8 heteroatoms. The van der Waals surface area contributed by atoms with E-state index in [4.69, 9.17) is 14.2 Å².